The summed E-state index contributed by atoms with van der Waals surface area (Å²) in [5.41, 5.74) is -2.03. The first kappa shape index (κ1) is 82.2. The van der Waals surface area contributed by atoms with Gasteiger partial charge in [0.25, 0.3) is 0 Å². The highest BCUT2D eigenvalue weighted by molar-refractivity contribution is 6.30. The third kappa shape index (κ3) is 20.7. The van der Waals surface area contributed by atoms with E-state index >= 15 is 28.8 Å². The molecule has 13 atom stereocenters. The molecule has 3 heterocycles. The fourth-order valence-electron chi connectivity index (χ4n) is 16.4. The second-order valence-corrected chi connectivity index (χ2v) is 32.9. The van der Waals surface area contributed by atoms with E-state index in [0.29, 0.717) is 50.9 Å². The van der Waals surface area contributed by atoms with Crippen LogP contribution in [0.25, 0.3) is 0 Å². The zero-order valence-corrected chi connectivity index (χ0v) is 64.6. The predicted octanol–water partition coefficient (Wildman–Crippen LogP) is 5.56. The molecule has 568 valence electrons. The Labute approximate surface area is 610 Å². The number of hydrogen-bond acceptors (Lipinski definition) is 13. The summed E-state index contributed by atoms with van der Waals surface area (Å²) < 4.78 is 6.16. The Bertz CT molecular complexity index is 3010. The zero-order valence-electron chi connectivity index (χ0n) is 63.1. The van der Waals surface area contributed by atoms with E-state index in [0.717, 1.165) is 44.9 Å². The summed E-state index contributed by atoms with van der Waals surface area (Å²) in [6.45, 7) is 12.8. The standard InChI is InChI=1S/C74H120Cl2N12O13/c1-16-22-54-64(92)78-63(46(5)17-2)71(99)82(11)42-62(91)84(13)55-23-20-19-21-34-87(70(55)98)59(37-48-26-24-45(4)25-27-48)68(96)81(10)41-60(89)77-53(33-31-47-30-32-51(75)52(76)35-47)66(94)88-40-50(101-18-3)38-56(88)65(93)79-74(43-73(6,7)44-74)72(100)86(15)57(36-49-28-29-49)69(97)85(14)58(67(95)80(8)9)39-61(90)83(54)12/h19-20,45-59,63H,16-18,21-44H2,1-15H3,(H,77,89)(H,78,92)(H,79,93)/b20-19-/t45?,46-,47?,48?,50+,51?,52?,53-,54-,55-,56-,57-,58-,59-,63-/m0/s1. The van der Waals surface area contributed by atoms with Gasteiger partial charge in [-0.1, -0.05) is 105 Å². The molecular formula is C74H120Cl2N12O13. The molecule has 3 aliphatic heterocycles. The number of likely N-dealkylation sites (N-methyl/N-ethyl adjacent to an activating group) is 7. The van der Waals surface area contributed by atoms with E-state index in [4.69, 9.17) is 27.9 Å². The average Bonchev–Trinajstić information content (AvgIpc) is 1.68. The van der Waals surface area contributed by atoms with Gasteiger partial charge in [-0.3, -0.25) is 57.5 Å². The van der Waals surface area contributed by atoms with Crippen molar-refractivity contribution >= 4 is 94.1 Å². The number of nitrogens with one attached hydrogen (secondary N) is 3. The van der Waals surface area contributed by atoms with Gasteiger partial charge in [-0.05, 0) is 119 Å². The summed E-state index contributed by atoms with van der Waals surface area (Å²) in [7, 11) is 11.8. The second-order valence-electron chi connectivity index (χ2n) is 31.8. The van der Waals surface area contributed by atoms with E-state index < -0.39 is 162 Å². The van der Waals surface area contributed by atoms with Gasteiger partial charge in [0.15, 0.2) is 0 Å². The zero-order chi connectivity index (χ0) is 74.7. The van der Waals surface area contributed by atoms with Crippen LogP contribution in [0.4, 0.5) is 0 Å². The first-order valence-electron chi connectivity index (χ1n) is 37.4. The van der Waals surface area contributed by atoms with Crippen LogP contribution in [0.1, 0.15) is 190 Å². The van der Waals surface area contributed by atoms with Crippen LogP contribution in [-0.4, -0.2) is 275 Å². The van der Waals surface area contributed by atoms with Crippen LogP contribution in [0, 0.1) is 35.0 Å². The maximum absolute atomic E-state index is 15.6. The van der Waals surface area contributed by atoms with Crippen molar-refractivity contribution in [1.82, 2.24) is 60.0 Å². The quantitative estimate of drug-likeness (QED) is 0.142. The summed E-state index contributed by atoms with van der Waals surface area (Å²) in [5.74, 6) is -6.96. The lowest BCUT2D eigenvalue weighted by molar-refractivity contribution is -0.160. The van der Waals surface area contributed by atoms with Gasteiger partial charge in [-0.2, -0.15) is 0 Å². The van der Waals surface area contributed by atoms with E-state index in [1.54, 1.807) is 11.8 Å². The molecule has 0 aromatic carbocycles. The maximum atomic E-state index is 15.6. The molecule has 0 aromatic heterocycles. The van der Waals surface area contributed by atoms with Crippen molar-refractivity contribution in [3.8, 4) is 0 Å². The molecule has 4 saturated carbocycles. The monoisotopic (exact) mass is 1450 g/mol. The fourth-order valence-corrected chi connectivity index (χ4v) is 17.0. The minimum absolute atomic E-state index is 0.0269. The highest BCUT2D eigenvalue weighted by atomic mass is 35.5. The van der Waals surface area contributed by atoms with Crippen LogP contribution >= 0.6 is 23.2 Å². The number of halogens is 2. The predicted molar refractivity (Wildman–Crippen MR) is 385 cm³/mol. The van der Waals surface area contributed by atoms with Crippen molar-refractivity contribution in [2.45, 2.75) is 260 Å². The average molecular weight is 1460 g/mol. The van der Waals surface area contributed by atoms with Crippen molar-refractivity contribution in [3.05, 3.63) is 12.2 Å². The van der Waals surface area contributed by atoms with Crippen molar-refractivity contribution in [3.63, 3.8) is 0 Å². The minimum atomic E-state index is -1.56. The summed E-state index contributed by atoms with van der Waals surface area (Å²) in [4.78, 5) is 193. The van der Waals surface area contributed by atoms with Gasteiger partial charge in [0.05, 0.1) is 31.0 Å². The molecule has 2 bridgehead atoms. The van der Waals surface area contributed by atoms with Gasteiger partial charge in [0.1, 0.15) is 53.9 Å². The molecule has 0 radical (unpaired) electrons. The number of alkyl halides is 2. The van der Waals surface area contributed by atoms with Crippen molar-refractivity contribution in [1.29, 1.82) is 0 Å². The molecule has 7 aliphatic rings. The number of carbonyl (C=O) groups excluding carboxylic acids is 12. The van der Waals surface area contributed by atoms with Gasteiger partial charge in [0.2, 0.25) is 70.9 Å². The molecule has 6 fully saturated rings. The molecule has 3 N–H and O–H groups in total. The fraction of sp³-hybridized carbons (Fsp3) is 0.811. The molecule has 2 saturated heterocycles. The lowest BCUT2D eigenvalue weighted by atomic mass is 9.58. The molecule has 12 amide bonds. The Morgan fingerprint density at radius 2 is 1.26 bits per heavy atom. The SMILES string of the molecule is CCC[C@H]1C(=O)N[C@@H]([C@@H](C)CC)C(=O)N(C)CC(=O)N(C)[C@H]2C/C=C\CCN(C2=O)[C@@H](CC2CCC(C)CC2)C(=O)N(C)CC(=O)N[C@@H](CCC2CCC(Cl)C(Cl)C2)C(=O)N2C[C@H](OCC)C[C@H]2C(=O)NC2(CC(C)(C)C2)C(=O)N(C)[C@@H](CC2CC2)C(=O)N(C)[C@H](C(=O)N(C)C)CC(=O)N1C. The number of carbonyl (C=O) groups is 12. The lowest BCUT2D eigenvalue weighted by Gasteiger charge is -2.54. The normalized spacial score (nSPS) is 32.5. The van der Waals surface area contributed by atoms with Gasteiger partial charge >= 0.3 is 0 Å². The molecular weight excluding hydrogens is 1340 g/mol. The van der Waals surface area contributed by atoms with Crippen LogP contribution in [0.15, 0.2) is 12.2 Å². The molecule has 4 aliphatic carbocycles. The Hall–Kier alpha value is -6.08. The van der Waals surface area contributed by atoms with Gasteiger partial charge in [-0.25, -0.2) is 0 Å². The molecule has 0 aromatic rings. The lowest BCUT2D eigenvalue weighted by Crippen LogP contribution is -2.71. The van der Waals surface area contributed by atoms with E-state index in [1.165, 1.54) is 95.6 Å². The third-order valence-corrected chi connectivity index (χ3v) is 24.1. The van der Waals surface area contributed by atoms with Gasteiger partial charge < -0.3 is 64.8 Å². The van der Waals surface area contributed by atoms with E-state index in [9.17, 15) is 28.8 Å². The largest absolute Gasteiger partial charge is 0.377 e. The summed E-state index contributed by atoms with van der Waals surface area (Å²) in [6.07, 6.45) is 12.6. The van der Waals surface area contributed by atoms with E-state index in [-0.39, 0.29) is 93.2 Å². The van der Waals surface area contributed by atoms with E-state index in [1.807, 2.05) is 46.8 Å². The van der Waals surface area contributed by atoms with E-state index in [2.05, 4.69) is 22.9 Å². The van der Waals surface area contributed by atoms with Crippen LogP contribution in [0.3, 0.4) is 0 Å². The number of nitrogens with zero attached hydrogens (tertiary/aromatic N) is 9. The van der Waals surface area contributed by atoms with Crippen molar-refractivity contribution in [2.24, 2.45) is 35.0 Å². The number of fused-ring (bicyclic) bond motifs is 3. The van der Waals surface area contributed by atoms with Crippen molar-refractivity contribution in [2.75, 3.05) is 89.2 Å². The molecule has 1 spiro atoms. The minimum Gasteiger partial charge on any atom is -0.377 e. The Morgan fingerprint density at radius 3 is 1.85 bits per heavy atom. The summed E-state index contributed by atoms with van der Waals surface area (Å²) in [5, 5.41) is 8.50. The highest BCUT2D eigenvalue weighted by Gasteiger charge is 2.59. The first-order valence-corrected chi connectivity index (χ1v) is 38.3. The van der Waals surface area contributed by atoms with Crippen LogP contribution in [0.5, 0.6) is 0 Å². The number of hydrogen-bond donors (Lipinski definition) is 3. The van der Waals surface area contributed by atoms with Crippen LogP contribution in [0.2, 0.25) is 0 Å². The third-order valence-electron chi connectivity index (χ3n) is 23.0. The van der Waals surface area contributed by atoms with Gasteiger partial charge in [0, 0.05) is 87.9 Å². The number of amides is 12. The summed E-state index contributed by atoms with van der Waals surface area (Å²) in [6, 6.07) is -9.49. The molecule has 27 heteroatoms. The molecule has 3 unspecified atom stereocenters. The smallest absolute Gasteiger partial charge is 0.248 e. The van der Waals surface area contributed by atoms with Crippen molar-refractivity contribution < 1.29 is 62.3 Å². The molecule has 7 rings (SSSR count). The molecule has 25 nitrogen and oxygen atoms in total. The summed E-state index contributed by atoms with van der Waals surface area (Å²) >= 11 is 13.3. The first-order chi connectivity index (χ1) is 47.6. The highest BCUT2D eigenvalue weighted by Crippen LogP contribution is 2.50. The Balaban J connectivity index is 1.31. The van der Waals surface area contributed by atoms with Crippen LogP contribution in [-0.2, 0) is 62.3 Å². The number of ether oxygens (including phenoxy) is 1. The van der Waals surface area contributed by atoms with Crippen LogP contribution < -0.4 is 16.0 Å². The Morgan fingerprint density at radius 1 is 0.634 bits per heavy atom. The van der Waals surface area contributed by atoms with Gasteiger partial charge in [-0.15, -0.1) is 23.2 Å². The maximum Gasteiger partial charge on any atom is 0.248 e. The molecule has 101 heavy (non-hydrogen) atoms. The number of rotatable bonds is 14. The topological polar surface area (TPSA) is 279 Å². The Kier molecular flexibility index (Phi) is 29.4. The second kappa shape index (κ2) is 36.1.